The van der Waals surface area contributed by atoms with E-state index in [1.165, 1.54) is 6.92 Å². The zero-order chi connectivity index (χ0) is 15.7. The average Bonchev–Trinajstić information content (AvgIpc) is 3.10. The van der Waals surface area contributed by atoms with Gasteiger partial charge in [0.1, 0.15) is 11.5 Å². The van der Waals surface area contributed by atoms with Gasteiger partial charge < -0.3 is 9.25 Å². The quantitative estimate of drug-likeness (QED) is 0.494. The van der Waals surface area contributed by atoms with Crippen molar-refractivity contribution in [1.82, 2.24) is 0 Å². The van der Waals surface area contributed by atoms with Gasteiger partial charge in [-0.1, -0.05) is 23.4 Å². The molecule has 0 atom stereocenters. The van der Waals surface area contributed by atoms with Crippen LogP contribution in [0.3, 0.4) is 0 Å². The molecule has 0 radical (unpaired) electrons. The normalized spacial score (nSPS) is 15.8. The van der Waals surface area contributed by atoms with Crippen molar-refractivity contribution in [2.24, 2.45) is 5.16 Å². The van der Waals surface area contributed by atoms with E-state index >= 15 is 0 Å². The van der Waals surface area contributed by atoms with Crippen LogP contribution in [0.5, 0.6) is 0 Å². The third-order valence-electron chi connectivity index (χ3n) is 3.34. The minimum atomic E-state index is -0.492. The van der Waals surface area contributed by atoms with Gasteiger partial charge in [0.05, 0.1) is 11.3 Å². The van der Waals surface area contributed by atoms with Crippen LogP contribution in [0.1, 0.15) is 30.0 Å². The van der Waals surface area contributed by atoms with E-state index in [1.807, 2.05) is 6.07 Å². The molecule has 0 fully saturated rings. The van der Waals surface area contributed by atoms with Crippen LogP contribution >= 0.6 is 0 Å². The van der Waals surface area contributed by atoms with Crippen LogP contribution in [0.25, 0.3) is 17.4 Å². The van der Waals surface area contributed by atoms with Gasteiger partial charge in [-0.2, -0.15) is 0 Å². The molecule has 1 aliphatic heterocycles. The van der Waals surface area contributed by atoms with Crippen LogP contribution in [-0.4, -0.2) is 17.5 Å². The highest BCUT2D eigenvalue weighted by atomic mass is 16.7. The Hall–Kier alpha value is -2.95. The summed E-state index contributed by atoms with van der Waals surface area (Å²) in [5.41, 5.74) is 2.31. The molecule has 0 spiro atoms. The molecule has 5 heteroatoms. The first kappa shape index (κ1) is 14.0. The third kappa shape index (κ3) is 2.61. The number of carbonyl (C=O) groups is 2. The number of nitrogens with zero attached hydrogens (tertiary/aromatic N) is 1. The predicted molar refractivity (Wildman–Crippen MR) is 81.3 cm³/mol. The van der Waals surface area contributed by atoms with Crippen molar-refractivity contribution in [3.05, 3.63) is 53.3 Å². The van der Waals surface area contributed by atoms with Crippen molar-refractivity contribution < 1.29 is 18.8 Å². The van der Waals surface area contributed by atoms with Crippen molar-refractivity contribution in [1.29, 1.82) is 0 Å². The van der Waals surface area contributed by atoms with Gasteiger partial charge in [-0.05, 0) is 38.1 Å². The fourth-order valence-electron chi connectivity index (χ4n) is 2.14. The lowest BCUT2D eigenvalue weighted by Gasteiger charge is -2.00. The Bertz CT molecular complexity index is 827. The second-order valence-electron chi connectivity index (χ2n) is 4.95. The van der Waals surface area contributed by atoms with E-state index in [0.29, 0.717) is 28.4 Å². The van der Waals surface area contributed by atoms with Gasteiger partial charge in [0.2, 0.25) is 0 Å². The van der Waals surface area contributed by atoms with Crippen LogP contribution < -0.4 is 0 Å². The van der Waals surface area contributed by atoms with Gasteiger partial charge >= 0.3 is 5.97 Å². The van der Waals surface area contributed by atoms with Gasteiger partial charge in [-0.15, -0.1) is 0 Å². The molecule has 0 amide bonds. The molecule has 1 aromatic carbocycles. The minimum absolute atomic E-state index is 0.00344. The summed E-state index contributed by atoms with van der Waals surface area (Å²) in [4.78, 5) is 27.5. The number of benzene rings is 1. The molecule has 1 aliphatic rings. The molecule has 0 N–H and O–H groups in total. The summed E-state index contributed by atoms with van der Waals surface area (Å²) in [5.74, 6) is 0.646. The first-order valence-corrected chi connectivity index (χ1v) is 6.74. The number of hydrogen-bond acceptors (Lipinski definition) is 5. The minimum Gasteiger partial charge on any atom is -0.457 e. The van der Waals surface area contributed by atoms with Crippen LogP contribution in [0.4, 0.5) is 0 Å². The van der Waals surface area contributed by atoms with E-state index in [-0.39, 0.29) is 5.78 Å². The zero-order valence-electron chi connectivity index (χ0n) is 12.1. The fraction of sp³-hybridized carbons (Fsp3) is 0.118. The second kappa shape index (κ2) is 5.44. The summed E-state index contributed by atoms with van der Waals surface area (Å²) >= 11 is 0. The van der Waals surface area contributed by atoms with E-state index < -0.39 is 5.97 Å². The standard InChI is InChI=1S/C17H13NO4/c1-10-15(17(20)22-18-10)9-14-6-7-16(21-14)13-5-3-4-12(8-13)11(2)19/h3-9H,1-2H3/b15-9-. The molecule has 1 aromatic heterocycles. The molecule has 110 valence electrons. The molecule has 0 saturated heterocycles. The molecule has 0 unspecified atom stereocenters. The lowest BCUT2D eigenvalue weighted by Crippen LogP contribution is -2.01. The van der Waals surface area contributed by atoms with Gasteiger partial charge in [0.25, 0.3) is 0 Å². The van der Waals surface area contributed by atoms with E-state index in [4.69, 9.17) is 4.42 Å². The number of carbonyl (C=O) groups excluding carboxylic acids is 2. The molecule has 5 nitrogen and oxygen atoms in total. The van der Waals surface area contributed by atoms with Crippen LogP contribution in [0.15, 0.2) is 51.5 Å². The Labute approximate surface area is 126 Å². The monoisotopic (exact) mass is 295 g/mol. The molecule has 0 bridgehead atoms. The predicted octanol–water partition coefficient (Wildman–Crippen LogP) is 3.47. The van der Waals surface area contributed by atoms with E-state index in [0.717, 1.165) is 5.56 Å². The number of oxime groups is 1. The van der Waals surface area contributed by atoms with Crippen molar-refractivity contribution in [2.45, 2.75) is 13.8 Å². The molecule has 22 heavy (non-hydrogen) atoms. The van der Waals surface area contributed by atoms with E-state index in [2.05, 4.69) is 9.99 Å². The van der Waals surface area contributed by atoms with Crippen molar-refractivity contribution in [3.8, 4) is 11.3 Å². The van der Waals surface area contributed by atoms with E-state index in [1.54, 1.807) is 43.3 Å². The largest absolute Gasteiger partial charge is 0.457 e. The number of Topliss-reactive ketones (excluding diaryl/α,β-unsaturated/α-hetero) is 1. The fourth-order valence-corrected chi connectivity index (χ4v) is 2.14. The maximum atomic E-state index is 11.5. The van der Waals surface area contributed by atoms with Crippen LogP contribution in [0.2, 0.25) is 0 Å². The van der Waals surface area contributed by atoms with E-state index in [9.17, 15) is 9.59 Å². The summed E-state index contributed by atoms with van der Waals surface area (Å²) in [6, 6.07) is 10.7. The smallest absolute Gasteiger partial charge is 0.367 e. The summed E-state index contributed by atoms with van der Waals surface area (Å²) in [5, 5.41) is 3.61. The summed E-state index contributed by atoms with van der Waals surface area (Å²) < 4.78 is 5.71. The molecule has 2 heterocycles. The number of furan rings is 1. The van der Waals surface area contributed by atoms with Crippen molar-refractivity contribution >= 4 is 23.5 Å². The third-order valence-corrected chi connectivity index (χ3v) is 3.34. The van der Waals surface area contributed by atoms with Gasteiger partial charge in [0.15, 0.2) is 5.78 Å². The van der Waals surface area contributed by atoms with Crippen LogP contribution in [-0.2, 0) is 9.63 Å². The lowest BCUT2D eigenvalue weighted by molar-refractivity contribution is -0.136. The topological polar surface area (TPSA) is 68.9 Å². The van der Waals surface area contributed by atoms with Gasteiger partial charge in [-0.25, -0.2) is 4.79 Å². The van der Waals surface area contributed by atoms with Crippen molar-refractivity contribution in [3.63, 3.8) is 0 Å². The Morgan fingerprint density at radius 2 is 2.05 bits per heavy atom. The summed E-state index contributed by atoms with van der Waals surface area (Å²) in [6.45, 7) is 3.21. The molecule has 3 rings (SSSR count). The second-order valence-corrected chi connectivity index (χ2v) is 4.95. The summed E-state index contributed by atoms with van der Waals surface area (Å²) in [6.07, 6.45) is 1.59. The molecular weight excluding hydrogens is 282 g/mol. The maximum Gasteiger partial charge on any atom is 0.367 e. The zero-order valence-corrected chi connectivity index (χ0v) is 12.1. The van der Waals surface area contributed by atoms with Gasteiger partial charge in [-0.3, -0.25) is 4.79 Å². The first-order valence-electron chi connectivity index (χ1n) is 6.74. The maximum absolute atomic E-state index is 11.5. The van der Waals surface area contributed by atoms with Crippen molar-refractivity contribution in [2.75, 3.05) is 0 Å². The number of ketones is 1. The summed E-state index contributed by atoms with van der Waals surface area (Å²) in [7, 11) is 0. The number of rotatable bonds is 3. The number of hydrogen-bond donors (Lipinski definition) is 0. The highest BCUT2D eigenvalue weighted by Gasteiger charge is 2.22. The highest BCUT2D eigenvalue weighted by molar-refractivity contribution is 6.24. The Morgan fingerprint density at radius 1 is 1.23 bits per heavy atom. The SMILES string of the molecule is CC(=O)c1cccc(-c2ccc(/C=C3\C(=O)ON=C3C)o2)c1. The Kier molecular flexibility index (Phi) is 3.47. The molecular formula is C17H13NO4. The molecule has 2 aromatic rings. The average molecular weight is 295 g/mol. The van der Waals surface area contributed by atoms with Crippen LogP contribution in [0, 0.1) is 0 Å². The molecule has 0 aliphatic carbocycles. The molecule has 0 saturated carbocycles. The Balaban J connectivity index is 1.93. The lowest BCUT2D eigenvalue weighted by atomic mass is 10.1. The highest BCUT2D eigenvalue weighted by Crippen LogP contribution is 2.25. The van der Waals surface area contributed by atoms with Gasteiger partial charge in [0, 0.05) is 11.1 Å². The Morgan fingerprint density at radius 3 is 2.73 bits per heavy atom. The first-order chi connectivity index (χ1) is 10.5.